The molecule has 1 unspecified atom stereocenters. The lowest BCUT2D eigenvalue weighted by Crippen LogP contribution is -2.20. The van der Waals surface area contributed by atoms with Gasteiger partial charge in [-0.05, 0) is 49.7 Å². The molecule has 0 amide bonds. The zero-order valence-electron chi connectivity index (χ0n) is 13.2. The molecule has 1 aromatic carbocycles. The molecule has 0 saturated carbocycles. The molecule has 0 saturated heterocycles. The van der Waals surface area contributed by atoms with E-state index in [1.54, 1.807) is 14.2 Å². The quantitative estimate of drug-likeness (QED) is 0.917. The van der Waals surface area contributed by atoms with E-state index in [0.29, 0.717) is 0 Å². The van der Waals surface area contributed by atoms with Crippen molar-refractivity contribution < 1.29 is 9.47 Å². The number of aryl methyl sites for hydroxylation is 2. The fourth-order valence-electron chi connectivity index (χ4n) is 2.52. The summed E-state index contributed by atoms with van der Waals surface area (Å²) in [6.07, 6.45) is 1.90. The monoisotopic (exact) mass is 286 g/mol. The van der Waals surface area contributed by atoms with Gasteiger partial charge in [0.15, 0.2) is 11.5 Å². The van der Waals surface area contributed by atoms with Crippen molar-refractivity contribution in [2.24, 2.45) is 0 Å². The Morgan fingerprint density at radius 3 is 2.33 bits per heavy atom. The maximum absolute atomic E-state index is 5.38. The Morgan fingerprint density at radius 2 is 1.76 bits per heavy atom. The molecule has 0 spiro atoms. The van der Waals surface area contributed by atoms with Crippen LogP contribution in [-0.4, -0.2) is 26.3 Å². The van der Waals surface area contributed by atoms with Gasteiger partial charge in [-0.3, -0.25) is 4.98 Å². The van der Waals surface area contributed by atoms with Crippen LogP contribution in [0.25, 0.3) is 0 Å². The number of methoxy groups -OCH3 is 2. The molecule has 0 aliphatic carbocycles. The van der Waals surface area contributed by atoms with Gasteiger partial charge in [-0.25, -0.2) is 0 Å². The largest absolute Gasteiger partial charge is 0.493 e. The number of nitrogens with one attached hydrogen (secondary N) is 1. The van der Waals surface area contributed by atoms with E-state index in [0.717, 1.165) is 22.8 Å². The first-order valence-electron chi connectivity index (χ1n) is 6.93. The van der Waals surface area contributed by atoms with Crippen LogP contribution in [0.4, 0.5) is 0 Å². The Hall–Kier alpha value is -2.07. The topological polar surface area (TPSA) is 43.4 Å². The number of nitrogens with zero attached hydrogens (tertiary/aromatic N) is 1. The standard InChI is InChI=1S/C17H22N2O2/c1-11-8-12(2)16(19-10-11)17(18-3)13-6-7-14(20-4)15(9-13)21-5/h6-10,17-18H,1-5H3. The second-order valence-corrected chi connectivity index (χ2v) is 5.05. The summed E-state index contributed by atoms with van der Waals surface area (Å²) in [5.41, 5.74) is 4.45. The molecule has 0 fully saturated rings. The van der Waals surface area contributed by atoms with Crippen molar-refractivity contribution in [1.29, 1.82) is 0 Å². The second-order valence-electron chi connectivity index (χ2n) is 5.05. The molecule has 21 heavy (non-hydrogen) atoms. The molecule has 1 atom stereocenters. The summed E-state index contributed by atoms with van der Waals surface area (Å²) in [4.78, 5) is 4.59. The van der Waals surface area contributed by atoms with Crippen LogP contribution in [0.5, 0.6) is 11.5 Å². The normalized spacial score (nSPS) is 12.0. The van der Waals surface area contributed by atoms with E-state index in [2.05, 4.69) is 30.2 Å². The van der Waals surface area contributed by atoms with Gasteiger partial charge in [-0.1, -0.05) is 12.1 Å². The minimum Gasteiger partial charge on any atom is -0.493 e. The smallest absolute Gasteiger partial charge is 0.161 e. The maximum Gasteiger partial charge on any atom is 0.161 e. The fourth-order valence-corrected chi connectivity index (χ4v) is 2.52. The van der Waals surface area contributed by atoms with Crippen LogP contribution in [0.3, 0.4) is 0 Å². The lowest BCUT2D eigenvalue weighted by atomic mass is 9.99. The summed E-state index contributed by atoms with van der Waals surface area (Å²) in [7, 11) is 5.21. The first-order chi connectivity index (χ1) is 10.1. The van der Waals surface area contributed by atoms with Crippen molar-refractivity contribution >= 4 is 0 Å². The second kappa shape index (κ2) is 6.59. The van der Waals surface area contributed by atoms with Crippen molar-refractivity contribution in [3.63, 3.8) is 0 Å². The predicted octanol–water partition coefficient (Wildman–Crippen LogP) is 3.02. The third-order valence-electron chi connectivity index (χ3n) is 3.56. The van der Waals surface area contributed by atoms with Gasteiger partial charge in [0.1, 0.15) is 0 Å². The van der Waals surface area contributed by atoms with E-state index >= 15 is 0 Å². The van der Waals surface area contributed by atoms with Crippen molar-refractivity contribution in [3.05, 3.63) is 52.8 Å². The van der Waals surface area contributed by atoms with Gasteiger partial charge in [0, 0.05) is 6.20 Å². The van der Waals surface area contributed by atoms with E-state index in [1.165, 1.54) is 11.1 Å². The highest BCUT2D eigenvalue weighted by molar-refractivity contribution is 5.46. The van der Waals surface area contributed by atoms with Crippen LogP contribution in [0, 0.1) is 13.8 Å². The zero-order chi connectivity index (χ0) is 15.4. The van der Waals surface area contributed by atoms with E-state index in [9.17, 15) is 0 Å². The molecule has 0 aliphatic rings. The minimum atomic E-state index is 0.0189. The van der Waals surface area contributed by atoms with Gasteiger partial charge in [0.05, 0.1) is 26.0 Å². The van der Waals surface area contributed by atoms with E-state index in [-0.39, 0.29) is 6.04 Å². The van der Waals surface area contributed by atoms with Crippen molar-refractivity contribution in [2.75, 3.05) is 21.3 Å². The van der Waals surface area contributed by atoms with E-state index in [4.69, 9.17) is 9.47 Å². The third-order valence-corrected chi connectivity index (χ3v) is 3.56. The molecule has 4 nitrogen and oxygen atoms in total. The van der Waals surface area contributed by atoms with Gasteiger partial charge in [0.2, 0.25) is 0 Å². The lowest BCUT2D eigenvalue weighted by Gasteiger charge is -2.20. The fraction of sp³-hybridized carbons (Fsp3) is 0.353. The zero-order valence-corrected chi connectivity index (χ0v) is 13.2. The number of ether oxygens (including phenoxy) is 2. The van der Waals surface area contributed by atoms with Crippen molar-refractivity contribution in [1.82, 2.24) is 10.3 Å². The van der Waals surface area contributed by atoms with Gasteiger partial charge >= 0.3 is 0 Å². The summed E-state index contributed by atoms with van der Waals surface area (Å²) in [5.74, 6) is 1.45. The van der Waals surface area contributed by atoms with E-state index < -0.39 is 0 Å². The number of rotatable bonds is 5. The van der Waals surface area contributed by atoms with Gasteiger partial charge in [-0.15, -0.1) is 0 Å². The Bertz CT molecular complexity index is 626. The van der Waals surface area contributed by atoms with Gasteiger partial charge in [-0.2, -0.15) is 0 Å². The average Bonchev–Trinajstić information content (AvgIpc) is 2.49. The van der Waals surface area contributed by atoms with Gasteiger partial charge < -0.3 is 14.8 Å². The van der Waals surface area contributed by atoms with Crippen LogP contribution >= 0.6 is 0 Å². The summed E-state index contributed by atoms with van der Waals surface area (Å²) in [6.45, 7) is 4.13. The highest BCUT2D eigenvalue weighted by Crippen LogP contribution is 2.32. The Morgan fingerprint density at radius 1 is 1.05 bits per heavy atom. The summed E-state index contributed by atoms with van der Waals surface area (Å²) >= 11 is 0. The molecule has 1 aromatic heterocycles. The maximum atomic E-state index is 5.38. The Kier molecular flexibility index (Phi) is 4.81. The molecule has 2 aromatic rings. The summed E-state index contributed by atoms with van der Waals surface area (Å²) in [6, 6.07) is 8.10. The first kappa shape index (κ1) is 15.3. The lowest BCUT2D eigenvalue weighted by molar-refractivity contribution is 0.354. The molecule has 4 heteroatoms. The number of benzene rings is 1. The average molecular weight is 286 g/mol. The summed E-state index contributed by atoms with van der Waals surface area (Å²) in [5, 5.41) is 3.32. The Labute approximate surface area is 126 Å². The highest BCUT2D eigenvalue weighted by Gasteiger charge is 2.17. The molecular formula is C17H22N2O2. The van der Waals surface area contributed by atoms with Crippen LogP contribution < -0.4 is 14.8 Å². The third kappa shape index (κ3) is 3.16. The molecule has 1 N–H and O–H groups in total. The molecule has 0 radical (unpaired) electrons. The minimum absolute atomic E-state index is 0.0189. The van der Waals surface area contributed by atoms with E-state index in [1.807, 2.05) is 31.4 Å². The van der Waals surface area contributed by atoms with Crippen molar-refractivity contribution in [2.45, 2.75) is 19.9 Å². The predicted molar refractivity (Wildman–Crippen MR) is 84.2 cm³/mol. The van der Waals surface area contributed by atoms with Crippen LogP contribution in [0.2, 0.25) is 0 Å². The molecule has 0 aliphatic heterocycles. The van der Waals surface area contributed by atoms with Crippen LogP contribution in [0.15, 0.2) is 30.5 Å². The molecular weight excluding hydrogens is 264 g/mol. The van der Waals surface area contributed by atoms with Crippen LogP contribution in [0.1, 0.15) is 28.4 Å². The molecule has 1 heterocycles. The number of pyridine rings is 1. The Balaban J connectivity index is 2.46. The molecule has 0 bridgehead atoms. The molecule has 2 rings (SSSR count). The van der Waals surface area contributed by atoms with Gasteiger partial charge in [0.25, 0.3) is 0 Å². The number of aromatic nitrogens is 1. The SMILES string of the molecule is CNC(c1ccc(OC)c(OC)c1)c1ncc(C)cc1C. The molecule has 112 valence electrons. The summed E-state index contributed by atoms with van der Waals surface area (Å²) < 4.78 is 10.7. The number of hydrogen-bond donors (Lipinski definition) is 1. The first-order valence-corrected chi connectivity index (χ1v) is 6.93. The van der Waals surface area contributed by atoms with Crippen molar-refractivity contribution in [3.8, 4) is 11.5 Å². The highest BCUT2D eigenvalue weighted by atomic mass is 16.5. The number of hydrogen-bond acceptors (Lipinski definition) is 4. The van der Waals surface area contributed by atoms with Crippen LogP contribution in [-0.2, 0) is 0 Å².